The van der Waals surface area contributed by atoms with Crippen LogP contribution >= 0.6 is 0 Å². The van der Waals surface area contributed by atoms with Gasteiger partial charge >= 0.3 is 0 Å². The van der Waals surface area contributed by atoms with Crippen LogP contribution in [0.5, 0.6) is 0 Å². The molecular weight excluding hydrogens is 260 g/mol. The van der Waals surface area contributed by atoms with Gasteiger partial charge in [0.05, 0.1) is 12.0 Å². The molecular formula is C18H24N2O. The van der Waals surface area contributed by atoms with Crippen LogP contribution in [0.4, 0.5) is 0 Å². The van der Waals surface area contributed by atoms with Gasteiger partial charge < -0.3 is 5.41 Å². The summed E-state index contributed by atoms with van der Waals surface area (Å²) >= 11 is 0. The molecule has 3 nitrogen and oxygen atoms in total. The molecule has 0 amide bonds. The zero-order valence-corrected chi connectivity index (χ0v) is 12.8. The predicted octanol–water partition coefficient (Wildman–Crippen LogP) is 4.13. The van der Waals surface area contributed by atoms with E-state index in [4.69, 9.17) is 10.2 Å². The van der Waals surface area contributed by atoms with E-state index in [2.05, 4.69) is 30.8 Å². The molecule has 112 valence electrons. The van der Waals surface area contributed by atoms with Crippen LogP contribution in [0.3, 0.4) is 0 Å². The number of benzene rings is 1. The molecule has 0 bridgehead atoms. The van der Waals surface area contributed by atoms with Gasteiger partial charge in [-0.05, 0) is 38.2 Å². The molecule has 1 aromatic rings. The molecule has 1 N–H and O–H groups in total. The summed E-state index contributed by atoms with van der Waals surface area (Å²) in [5.74, 6) is 0.371. The van der Waals surface area contributed by atoms with E-state index < -0.39 is 0 Å². The minimum absolute atomic E-state index is 0.230. The van der Waals surface area contributed by atoms with Gasteiger partial charge in [0.1, 0.15) is 0 Å². The molecule has 2 aliphatic rings. The van der Waals surface area contributed by atoms with Gasteiger partial charge in [0.2, 0.25) is 0 Å². The first-order valence-corrected chi connectivity index (χ1v) is 7.86. The van der Waals surface area contributed by atoms with Crippen LogP contribution in [0, 0.1) is 10.8 Å². The number of allylic oxidation sites excluding steroid dienone is 1. The van der Waals surface area contributed by atoms with Crippen LogP contribution in [0.2, 0.25) is 0 Å². The average molecular weight is 284 g/mol. The summed E-state index contributed by atoms with van der Waals surface area (Å²) in [6, 6.07) is 10.5. The summed E-state index contributed by atoms with van der Waals surface area (Å²) in [6.07, 6.45) is 4.44. The van der Waals surface area contributed by atoms with Gasteiger partial charge in [-0.25, -0.2) is 0 Å². The van der Waals surface area contributed by atoms with Gasteiger partial charge in [-0.15, -0.1) is 0 Å². The molecule has 2 fully saturated rings. The quantitative estimate of drug-likeness (QED) is 0.844. The SMILES string of the molecule is C=C(N1CCCCCO1)C1(C(C)=N)CC1c1ccccc1. The first-order valence-electron chi connectivity index (χ1n) is 7.86. The zero-order valence-electron chi connectivity index (χ0n) is 12.8. The highest BCUT2D eigenvalue weighted by Crippen LogP contribution is 2.64. The van der Waals surface area contributed by atoms with Crippen LogP contribution in [0.15, 0.2) is 42.6 Å². The molecule has 1 aliphatic carbocycles. The third-order valence-corrected chi connectivity index (χ3v) is 4.90. The van der Waals surface area contributed by atoms with Crippen molar-refractivity contribution in [2.24, 2.45) is 5.41 Å². The maximum atomic E-state index is 8.30. The maximum absolute atomic E-state index is 8.30. The lowest BCUT2D eigenvalue weighted by Crippen LogP contribution is -2.32. The highest BCUT2D eigenvalue weighted by molar-refractivity contribution is 5.92. The second-order valence-electron chi connectivity index (χ2n) is 6.21. The lowest BCUT2D eigenvalue weighted by atomic mass is 9.91. The van der Waals surface area contributed by atoms with Crippen molar-refractivity contribution in [1.29, 1.82) is 5.41 Å². The van der Waals surface area contributed by atoms with E-state index in [1.54, 1.807) is 0 Å². The largest absolute Gasteiger partial charge is 0.309 e. The molecule has 1 aromatic carbocycles. The number of hydrogen-bond donors (Lipinski definition) is 1. The van der Waals surface area contributed by atoms with Crippen molar-refractivity contribution < 1.29 is 4.84 Å². The van der Waals surface area contributed by atoms with Gasteiger partial charge in [0.15, 0.2) is 0 Å². The molecule has 3 heteroatoms. The Hall–Kier alpha value is -1.61. The Labute approximate surface area is 127 Å². The van der Waals surface area contributed by atoms with E-state index in [0.717, 1.165) is 38.1 Å². The van der Waals surface area contributed by atoms with Crippen molar-refractivity contribution in [3.63, 3.8) is 0 Å². The van der Waals surface area contributed by atoms with Crippen LogP contribution in [-0.4, -0.2) is 23.9 Å². The topological polar surface area (TPSA) is 36.3 Å². The molecule has 0 radical (unpaired) electrons. The number of hydroxylamine groups is 2. The molecule has 1 saturated carbocycles. The summed E-state index contributed by atoms with van der Waals surface area (Å²) in [4.78, 5) is 5.86. The number of rotatable bonds is 4. The third-order valence-electron chi connectivity index (χ3n) is 4.90. The van der Waals surface area contributed by atoms with Crippen LogP contribution in [0.25, 0.3) is 0 Å². The first kappa shape index (κ1) is 14.3. The zero-order chi connectivity index (χ0) is 14.9. The van der Waals surface area contributed by atoms with Gasteiger partial charge in [0, 0.05) is 23.9 Å². The molecule has 2 atom stereocenters. The second-order valence-corrected chi connectivity index (χ2v) is 6.21. The molecule has 1 heterocycles. The van der Waals surface area contributed by atoms with Crippen molar-refractivity contribution in [3.05, 3.63) is 48.2 Å². The Morgan fingerprint density at radius 3 is 2.76 bits per heavy atom. The van der Waals surface area contributed by atoms with Gasteiger partial charge in [-0.1, -0.05) is 36.9 Å². The number of hydrogen-bond acceptors (Lipinski definition) is 3. The van der Waals surface area contributed by atoms with Crippen molar-refractivity contribution in [1.82, 2.24) is 5.06 Å². The molecule has 0 aromatic heterocycles. The Kier molecular flexibility index (Phi) is 3.85. The molecule has 2 unspecified atom stereocenters. The van der Waals surface area contributed by atoms with E-state index >= 15 is 0 Å². The van der Waals surface area contributed by atoms with Crippen LogP contribution in [0.1, 0.15) is 44.1 Å². The maximum Gasteiger partial charge on any atom is 0.0748 e. The highest BCUT2D eigenvalue weighted by Gasteiger charge is 2.60. The normalized spacial score (nSPS) is 28.8. The minimum atomic E-state index is -0.230. The number of nitrogens with zero attached hydrogens (tertiary/aromatic N) is 1. The van der Waals surface area contributed by atoms with Crippen molar-refractivity contribution in [2.75, 3.05) is 13.2 Å². The fourth-order valence-electron chi connectivity index (χ4n) is 3.51. The number of nitrogens with one attached hydrogen (secondary N) is 1. The lowest BCUT2D eigenvalue weighted by molar-refractivity contribution is -0.128. The summed E-state index contributed by atoms with van der Waals surface area (Å²) in [5, 5.41) is 10.3. The molecule has 1 aliphatic heterocycles. The second kappa shape index (κ2) is 5.64. The molecule has 1 saturated heterocycles. The van der Waals surface area contributed by atoms with E-state index in [1.807, 2.05) is 18.1 Å². The standard InChI is InChI=1S/C18H24N2O/c1-14(19)18(13-17(18)16-9-5-3-6-10-16)15(2)20-11-7-4-8-12-21-20/h3,5-6,9-10,17,19H,2,4,7-8,11-13H2,1H3. The summed E-state index contributed by atoms with van der Waals surface area (Å²) in [5.41, 5.74) is 2.76. The molecule has 0 spiro atoms. The minimum Gasteiger partial charge on any atom is -0.309 e. The van der Waals surface area contributed by atoms with Crippen LogP contribution in [-0.2, 0) is 4.84 Å². The molecule has 21 heavy (non-hydrogen) atoms. The predicted molar refractivity (Wildman–Crippen MR) is 85.3 cm³/mol. The van der Waals surface area contributed by atoms with E-state index in [0.29, 0.717) is 11.6 Å². The average Bonchev–Trinajstić information content (AvgIpc) is 3.29. The van der Waals surface area contributed by atoms with Crippen molar-refractivity contribution in [3.8, 4) is 0 Å². The first-order chi connectivity index (χ1) is 10.2. The van der Waals surface area contributed by atoms with Gasteiger partial charge in [-0.2, -0.15) is 0 Å². The summed E-state index contributed by atoms with van der Waals surface area (Å²) in [7, 11) is 0. The van der Waals surface area contributed by atoms with E-state index in [1.165, 1.54) is 12.0 Å². The van der Waals surface area contributed by atoms with E-state index in [-0.39, 0.29) is 5.41 Å². The monoisotopic (exact) mass is 284 g/mol. The van der Waals surface area contributed by atoms with Crippen molar-refractivity contribution in [2.45, 2.75) is 38.5 Å². The Bertz CT molecular complexity index is 531. The smallest absolute Gasteiger partial charge is 0.0748 e. The summed E-state index contributed by atoms with van der Waals surface area (Å²) < 4.78 is 0. The van der Waals surface area contributed by atoms with E-state index in [9.17, 15) is 0 Å². The fraction of sp³-hybridized carbons (Fsp3) is 0.500. The highest BCUT2D eigenvalue weighted by atomic mass is 16.7. The Morgan fingerprint density at radius 2 is 2.05 bits per heavy atom. The van der Waals surface area contributed by atoms with Crippen LogP contribution < -0.4 is 0 Å². The lowest BCUT2D eigenvalue weighted by Gasteiger charge is -2.30. The van der Waals surface area contributed by atoms with Crippen molar-refractivity contribution >= 4 is 5.71 Å². The van der Waals surface area contributed by atoms with Gasteiger partial charge in [0.25, 0.3) is 0 Å². The fourth-order valence-corrected chi connectivity index (χ4v) is 3.51. The summed E-state index contributed by atoms with van der Waals surface area (Å²) in [6.45, 7) is 7.88. The third kappa shape index (κ3) is 2.51. The molecule has 3 rings (SSSR count). The Balaban J connectivity index is 1.83. The van der Waals surface area contributed by atoms with Gasteiger partial charge in [-0.3, -0.25) is 9.90 Å². The Morgan fingerprint density at radius 1 is 1.29 bits per heavy atom.